The summed E-state index contributed by atoms with van der Waals surface area (Å²) >= 11 is 0. The van der Waals surface area contributed by atoms with E-state index in [-0.39, 0.29) is 47.5 Å². The summed E-state index contributed by atoms with van der Waals surface area (Å²) in [5.41, 5.74) is 6.15. The molecule has 1 aromatic carbocycles. The first-order valence-corrected chi connectivity index (χ1v) is 7.29. The van der Waals surface area contributed by atoms with Crippen LogP contribution in [0.3, 0.4) is 0 Å². The molecule has 1 aromatic rings. The van der Waals surface area contributed by atoms with Gasteiger partial charge in [0, 0.05) is 18.8 Å². The highest BCUT2D eigenvalue weighted by molar-refractivity contribution is 7.91. The molecule has 1 saturated heterocycles. The Bertz CT molecular complexity index is 569. The van der Waals surface area contributed by atoms with Gasteiger partial charge >= 0.3 is 0 Å². The number of amides is 1. The predicted molar refractivity (Wildman–Crippen MR) is 67.1 cm³/mol. The first-order valence-electron chi connectivity index (χ1n) is 5.47. The molecule has 0 spiro atoms. The molecule has 0 bridgehead atoms. The van der Waals surface area contributed by atoms with Gasteiger partial charge in [0.05, 0.1) is 17.1 Å². The SMILES string of the molecule is Nc1ccc(O)cc1C(=O)N1CCS(=O)(=O)CC1. The van der Waals surface area contributed by atoms with E-state index in [9.17, 15) is 18.3 Å². The van der Waals surface area contributed by atoms with Crippen molar-refractivity contribution < 1.29 is 18.3 Å². The smallest absolute Gasteiger partial charge is 0.256 e. The number of carbonyl (C=O) groups excluding carboxylic acids is 1. The summed E-state index contributed by atoms with van der Waals surface area (Å²) in [6.07, 6.45) is 0. The average Bonchev–Trinajstić information content (AvgIpc) is 2.31. The molecule has 98 valence electrons. The third-order valence-corrected chi connectivity index (χ3v) is 4.51. The quantitative estimate of drug-likeness (QED) is 0.545. The Hall–Kier alpha value is -1.76. The number of phenolic OH excluding ortho intramolecular Hbond substituents is 1. The fraction of sp³-hybridized carbons (Fsp3) is 0.364. The number of sulfone groups is 1. The minimum atomic E-state index is -3.02. The van der Waals surface area contributed by atoms with E-state index in [1.165, 1.54) is 23.1 Å². The Labute approximate surface area is 105 Å². The van der Waals surface area contributed by atoms with Crippen LogP contribution in [-0.2, 0) is 9.84 Å². The number of rotatable bonds is 1. The molecule has 0 atom stereocenters. The van der Waals surface area contributed by atoms with Crippen LogP contribution in [0.5, 0.6) is 5.75 Å². The van der Waals surface area contributed by atoms with E-state index >= 15 is 0 Å². The van der Waals surface area contributed by atoms with Gasteiger partial charge in [-0.05, 0) is 18.2 Å². The standard InChI is InChI=1S/C11H14N2O4S/c12-10-2-1-8(14)7-9(10)11(15)13-3-5-18(16,17)6-4-13/h1-2,7,14H,3-6,12H2. The van der Waals surface area contributed by atoms with Crippen LogP contribution in [0.2, 0.25) is 0 Å². The van der Waals surface area contributed by atoms with Crippen LogP contribution in [0.25, 0.3) is 0 Å². The van der Waals surface area contributed by atoms with Crippen molar-refractivity contribution in [2.45, 2.75) is 0 Å². The number of phenols is 1. The Kier molecular flexibility index (Phi) is 3.16. The van der Waals surface area contributed by atoms with Gasteiger partial charge < -0.3 is 15.7 Å². The van der Waals surface area contributed by atoms with Gasteiger partial charge in [-0.3, -0.25) is 4.79 Å². The first kappa shape index (κ1) is 12.7. The third kappa shape index (κ3) is 2.56. The number of aromatic hydroxyl groups is 1. The number of carbonyl (C=O) groups is 1. The van der Waals surface area contributed by atoms with Crippen molar-refractivity contribution in [2.75, 3.05) is 30.3 Å². The number of benzene rings is 1. The largest absolute Gasteiger partial charge is 0.508 e. The molecule has 0 saturated carbocycles. The lowest BCUT2D eigenvalue weighted by Gasteiger charge is -2.27. The van der Waals surface area contributed by atoms with Crippen LogP contribution in [-0.4, -0.2) is 48.9 Å². The fourth-order valence-corrected chi connectivity index (χ4v) is 3.02. The van der Waals surface area contributed by atoms with Gasteiger partial charge in [0.1, 0.15) is 5.75 Å². The van der Waals surface area contributed by atoms with Crippen LogP contribution < -0.4 is 5.73 Å². The molecule has 0 aromatic heterocycles. The highest BCUT2D eigenvalue weighted by Crippen LogP contribution is 2.21. The average molecular weight is 270 g/mol. The second-order valence-electron chi connectivity index (χ2n) is 4.22. The Morgan fingerprint density at radius 1 is 1.28 bits per heavy atom. The van der Waals surface area contributed by atoms with Crippen LogP contribution in [0.15, 0.2) is 18.2 Å². The second-order valence-corrected chi connectivity index (χ2v) is 6.52. The molecular formula is C11H14N2O4S. The maximum atomic E-state index is 12.1. The summed E-state index contributed by atoms with van der Waals surface area (Å²) in [7, 11) is -3.02. The van der Waals surface area contributed by atoms with Crippen LogP contribution in [0, 0.1) is 0 Å². The molecule has 0 unspecified atom stereocenters. The van der Waals surface area contributed by atoms with Crippen molar-refractivity contribution in [3.8, 4) is 5.75 Å². The first-order chi connectivity index (χ1) is 8.39. The zero-order valence-electron chi connectivity index (χ0n) is 9.67. The Morgan fingerprint density at radius 3 is 2.50 bits per heavy atom. The summed E-state index contributed by atoms with van der Waals surface area (Å²) in [4.78, 5) is 13.6. The van der Waals surface area contributed by atoms with E-state index in [0.717, 1.165) is 0 Å². The number of nitrogens with two attached hydrogens (primary N) is 1. The summed E-state index contributed by atoms with van der Waals surface area (Å²) < 4.78 is 22.5. The zero-order valence-corrected chi connectivity index (χ0v) is 10.5. The molecule has 1 heterocycles. The Morgan fingerprint density at radius 2 is 1.89 bits per heavy atom. The lowest BCUT2D eigenvalue weighted by molar-refractivity contribution is 0.0771. The summed E-state index contributed by atoms with van der Waals surface area (Å²) in [6, 6.07) is 4.14. The number of nitrogens with zero attached hydrogens (tertiary/aromatic N) is 1. The fourth-order valence-electron chi connectivity index (χ4n) is 1.82. The molecule has 1 aliphatic rings. The number of anilines is 1. The molecular weight excluding hydrogens is 256 g/mol. The molecule has 7 heteroatoms. The van der Waals surface area contributed by atoms with Crippen molar-refractivity contribution >= 4 is 21.4 Å². The van der Waals surface area contributed by atoms with Gasteiger partial charge in [-0.15, -0.1) is 0 Å². The van der Waals surface area contributed by atoms with Gasteiger partial charge in [0.15, 0.2) is 9.84 Å². The van der Waals surface area contributed by atoms with Gasteiger partial charge in [-0.2, -0.15) is 0 Å². The third-order valence-electron chi connectivity index (χ3n) is 2.90. The zero-order chi connectivity index (χ0) is 13.3. The van der Waals surface area contributed by atoms with Crippen LogP contribution >= 0.6 is 0 Å². The maximum absolute atomic E-state index is 12.1. The molecule has 18 heavy (non-hydrogen) atoms. The normalized spacial score (nSPS) is 18.6. The maximum Gasteiger partial charge on any atom is 0.256 e. The number of hydrogen-bond donors (Lipinski definition) is 2. The molecule has 1 fully saturated rings. The van der Waals surface area contributed by atoms with Gasteiger partial charge in [-0.1, -0.05) is 0 Å². The van der Waals surface area contributed by atoms with Gasteiger partial charge in [0.2, 0.25) is 0 Å². The highest BCUT2D eigenvalue weighted by Gasteiger charge is 2.26. The summed E-state index contributed by atoms with van der Waals surface area (Å²) in [5, 5.41) is 9.35. The van der Waals surface area contributed by atoms with E-state index in [4.69, 9.17) is 5.73 Å². The van der Waals surface area contributed by atoms with E-state index in [2.05, 4.69) is 0 Å². The molecule has 2 rings (SSSR count). The van der Waals surface area contributed by atoms with Crippen molar-refractivity contribution in [1.82, 2.24) is 4.90 Å². The van der Waals surface area contributed by atoms with Gasteiger partial charge in [-0.25, -0.2) is 8.42 Å². The number of nitrogen functional groups attached to an aromatic ring is 1. The van der Waals surface area contributed by atoms with Crippen LogP contribution in [0.4, 0.5) is 5.69 Å². The van der Waals surface area contributed by atoms with Crippen molar-refractivity contribution in [1.29, 1.82) is 0 Å². The lowest BCUT2D eigenvalue weighted by Crippen LogP contribution is -2.43. The lowest BCUT2D eigenvalue weighted by atomic mass is 10.1. The number of hydrogen-bond acceptors (Lipinski definition) is 5. The minimum absolute atomic E-state index is 0.0303. The molecule has 1 aliphatic heterocycles. The predicted octanol–water partition coefficient (Wildman–Crippen LogP) is -0.155. The van der Waals surface area contributed by atoms with Crippen molar-refractivity contribution in [3.05, 3.63) is 23.8 Å². The molecule has 1 amide bonds. The van der Waals surface area contributed by atoms with Gasteiger partial charge in [0.25, 0.3) is 5.91 Å². The van der Waals surface area contributed by atoms with Crippen molar-refractivity contribution in [3.63, 3.8) is 0 Å². The van der Waals surface area contributed by atoms with E-state index in [1.807, 2.05) is 0 Å². The minimum Gasteiger partial charge on any atom is -0.508 e. The molecule has 0 radical (unpaired) electrons. The van der Waals surface area contributed by atoms with E-state index in [0.29, 0.717) is 0 Å². The summed E-state index contributed by atoms with van der Waals surface area (Å²) in [5.74, 6) is -0.454. The van der Waals surface area contributed by atoms with Crippen LogP contribution in [0.1, 0.15) is 10.4 Å². The molecule has 0 aliphatic carbocycles. The van der Waals surface area contributed by atoms with Crippen molar-refractivity contribution in [2.24, 2.45) is 0 Å². The van der Waals surface area contributed by atoms with E-state index in [1.54, 1.807) is 0 Å². The monoisotopic (exact) mass is 270 g/mol. The summed E-state index contributed by atoms with van der Waals surface area (Å²) in [6.45, 7) is 0.326. The highest BCUT2D eigenvalue weighted by atomic mass is 32.2. The van der Waals surface area contributed by atoms with E-state index < -0.39 is 9.84 Å². The topological polar surface area (TPSA) is 101 Å². The molecule has 6 nitrogen and oxygen atoms in total. The molecule has 3 N–H and O–H groups in total. The second kappa shape index (κ2) is 4.49. The Balaban J connectivity index is 2.20.